The molecule has 0 saturated heterocycles. The number of nitrogens with one attached hydrogen (secondary N) is 2. The van der Waals surface area contributed by atoms with E-state index < -0.39 is 5.25 Å². The topological polar surface area (TPSA) is 97.1 Å². The van der Waals surface area contributed by atoms with E-state index in [9.17, 15) is 9.59 Å². The third-order valence-electron chi connectivity index (χ3n) is 3.84. The summed E-state index contributed by atoms with van der Waals surface area (Å²) >= 11 is 8.81. The smallest absolute Gasteiger partial charge is 0.238 e. The van der Waals surface area contributed by atoms with Crippen molar-refractivity contribution < 1.29 is 14.1 Å². The molecule has 7 nitrogen and oxygen atoms in total. The SMILES string of the molecule is Cc1cc(NC(=O)C(C)SCC(=O)Nc2ncc(Cc3ccccc3Cl)s2)no1. The van der Waals surface area contributed by atoms with Crippen LogP contribution in [-0.4, -0.2) is 33.0 Å². The van der Waals surface area contributed by atoms with Crippen molar-refractivity contribution in [3.05, 3.63) is 57.8 Å². The maximum atomic E-state index is 12.2. The Morgan fingerprint density at radius 2 is 2.10 bits per heavy atom. The Morgan fingerprint density at radius 3 is 2.83 bits per heavy atom. The maximum Gasteiger partial charge on any atom is 0.238 e. The number of thioether (sulfide) groups is 1. The average molecular weight is 451 g/mol. The van der Waals surface area contributed by atoms with Crippen LogP contribution in [0.5, 0.6) is 0 Å². The first-order chi connectivity index (χ1) is 13.9. The number of carbonyl (C=O) groups is 2. The second-order valence-corrected chi connectivity index (χ2v) is 9.06. The van der Waals surface area contributed by atoms with Gasteiger partial charge < -0.3 is 15.2 Å². The molecule has 0 aliphatic rings. The molecule has 152 valence electrons. The lowest BCUT2D eigenvalue weighted by molar-refractivity contribution is -0.115. The van der Waals surface area contributed by atoms with Gasteiger partial charge in [0.2, 0.25) is 11.8 Å². The van der Waals surface area contributed by atoms with Crippen LogP contribution >= 0.6 is 34.7 Å². The lowest BCUT2D eigenvalue weighted by Gasteiger charge is -2.09. The summed E-state index contributed by atoms with van der Waals surface area (Å²) in [5.74, 6) is 0.639. The highest BCUT2D eigenvalue weighted by Crippen LogP contribution is 2.25. The molecule has 0 fully saturated rings. The maximum absolute atomic E-state index is 12.2. The van der Waals surface area contributed by atoms with Gasteiger partial charge in [-0.2, -0.15) is 0 Å². The molecule has 2 N–H and O–H groups in total. The highest BCUT2D eigenvalue weighted by molar-refractivity contribution is 8.01. The Kier molecular flexibility index (Phi) is 7.29. The van der Waals surface area contributed by atoms with Gasteiger partial charge in [-0.3, -0.25) is 9.59 Å². The molecule has 0 aliphatic carbocycles. The van der Waals surface area contributed by atoms with E-state index in [1.165, 1.54) is 23.1 Å². The van der Waals surface area contributed by atoms with Crippen molar-refractivity contribution in [3.8, 4) is 0 Å². The van der Waals surface area contributed by atoms with Crippen LogP contribution in [0.25, 0.3) is 0 Å². The summed E-state index contributed by atoms with van der Waals surface area (Å²) in [6.45, 7) is 3.47. The summed E-state index contributed by atoms with van der Waals surface area (Å²) in [6, 6.07) is 9.26. The van der Waals surface area contributed by atoms with Gasteiger partial charge in [-0.05, 0) is 25.5 Å². The lowest BCUT2D eigenvalue weighted by Crippen LogP contribution is -2.25. The Morgan fingerprint density at radius 1 is 1.31 bits per heavy atom. The number of thiazole rings is 1. The van der Waals surface area contributed by atoms with Gasteiger partial charge >= 0.3 is 0 Å². The normalized spacial score (nSPS) is 11.8. The Hall–Kier alpha value is -2.36. The van der Waals surface area contributed by atoms with E-state index >= 15 is 0 Å². The molecule has 2 heterocycles. The Labute approximate surface area is 181 Å². The number of nitrogens with zero attached hydrogens (tertiary/aromatic N) is 2. The lowest BCUT2D eigenvalue weighted by atomic mass is 10.1. The van der Waals surface area contributed by atoms with Crippen LogP contribution in [0.2, 0.25) is 5.02 Å². The van der Waals surface area contributed by atoms with Gasteiger partial charge in [-0.1, -0.05) is 35.0 Å². The average Bonchev–Trinajstić information content (AvgIpc) is 3.30. The van der Waals surface area contributed by atoms with Crippen LogP contribution in [0.15, 0.2) is 41.1 Å². The standard InChI is InChI=1S/C19H19ClN4O3S2/c1-11-7-16(24-27-11)22-18(26)12(2)28-10-17(25)23-19-21-9-14(29-19)8-13-5-3-4-6-15(13)20/h3-7,9,12H,8,10H2,1-2H3,(H,21,23,25)(H,22,24,26). The third kappa shape index (κ3) is 6.31. The Balaban J connectivity index is 1.45. The minimum absolute atomic E-state index is 0.131. The first-order valence-electron chi connectivity index (χ1n) is 8.74. The third-order valence-corrected chi connectivity index (χ3v) is 6.26. The van der Waals surface area contributed by atoms with Gasteiger partial charge in [0.05, 0.1) is 11.0 Å². The molecule has 0 saturated carbocycles. The van der Waals surface area contributed by atoms with E-state index in [2.05, 4.69) is 20.8 Å². The summed E-state index contributed by atoms with van der Waals surface area (Å²) in [5.41, 5.74) is 1.01. The van der Waals surface area contributed by atoms with Crippen LogP contribution in [0.4, 0.5) is 10.9 Å². The van der Waals surface area contributed by atoms with Crippen LogP contribution in [0, 0.1) is 6.92 Å². The molecule has 1 unspecified atom stereocenters. The molecule has 1 atom stereocenters. The molecule has 29 heavy (non-hydrogen) atoms. The van der Waals surface area contributed by atoms with Crippen molar-refractivity contribution in [2.45, 2.75) is 25.5 Å². The number of amides is 2. The van der Waals surface area contributed by atoms with E-state index in [4.69, 9.17) is 16.1 Å². The highest BCUT2D eigenvalue weighted by atomic mass is 35.5. The molecule has 2 aromatic heterocycles. The minimum Gasteiger partial charge on any atom is -0.360 e. The van der Waals surface area contributed by atoms with Gasteiger partial charge in [0, 0.05) is 28.6 Å². The summed E-state index contributed by atoms with van der Waals surface area (Å²) < 4.78 is 4.91. The fourth-order valence-corrected chi connectivity index (χ4v) is 4.10. The second-order valence-electron chi connectivity index (χ2n) is 6.21. The molecule has 10 heteroatoms. The number of anilines is 2. The van der Waals surface area contributed by atoms with E-state index in [1.807, 2.05) is 24.3 Å². The molecule has 1 aromatic carbocycles. The van der Waals surface area contributed by atoms with Gasteiger partial charge in [0.1, 0.15) is 5.76 Å². The number of aryl methyl sites for hydroxylation is 1. The van der Waals surface area contributed by atoms with Crippen molar-refractivity contribution in [3.63, 3.8) is 0 Å². The highest BCUT2D eigenvalue weighted by Gasteiger charge is 2.17. The molecule has 3 aromatic rings. The molecule has 2 amide bonds. The van der Waals surface area contributed by atoms with Crippen molar-refractivity contribution in [1.82, 2.24) is 10.1 Å². The largest absolute Gasteiger partial charge is 0.360 e. The quantitative estimate of drug-likeness (QED) is 0.528. The summed E-state index contributed by atoms with van der Waals surface area (Å²) in [5, 5.41) is 9.93. The molecular weight excluding hydrogens is 432 g/mol. The van der Waals surface area contributed by atoms with E-state index in [0.29, 0.717) is 28.2 Å². The number of aromatic nitrogens is 2. The Bertz CT molecular complexity index is 1000. The van der Waals surface area contributed by atoms with E-state index in [0.717, 1.165) is 10.4 Å². The van der Waals surface area contributed by atoms with Crippen molar-refractivity contribution in [2.75, 3.05) is 16.4 Å². The van der Waals surface area contributed by atoms with E-state index in [-0.39, 0.29) is 17.6 Å². The van der Waals surface area contributed by atoms with Crippen LogP contribution < -0.4 is 10.6 Å². The zero-order chi connectivity index (χ0) is 20.8. The predicted octanol–water partition coefficient (Wildman–Crippen LogP) is 4.38. The summed E-state index contributed by atoms with van der Waals surface area (Å²) in [6.07, 6.45) is 2.38. The number of benzene rings is 1. The van der Waals surface area contributed by atoms with Gasteiger partial charge in [0.15, 0.2) is 10.9 Å². The number of hydrogen-bond donors (Lipinski definition) is 2. The number of rotatable bonds is 8. The number of hydrogen-bond acceptors (Lipinski definition) is 7. The van der Waals surface area contributed by atoms with Crippen LogP contribution in [0.3, 0.4) is 0 Å². The van der Waals surface area contributed by atoms with Crippen LogP contribution in [-0.2, 0) is 16.0 Å². The van der Waals surface area contributed by atoms with E-state index in [1.54, 1.807) is 26.1 Å². The fourth-order valence-electron chi connectivity index (χ4n) is 2.36. The van der Waals surface area contributed by atoms with Crippen LogP contribution in [0.1, 0.15) is 23.1 Å². The molecule has 3 rings (SSSR count). The molecular formula is C19H19ClN4O3S2. The van der Waals surface area contributed by atoms with Gasteiger partial charge in [0.25, 0.3) is 0 Å². The van der Waals surface area contributed by atoms with Gasteiger partial charge in [-0.15, -0.1) is 23.1 Å². The van der Waals surface area contributed by atoms with Crippen molar-refractivity contribution in [1.29, 1.82) is 0 Å². The molecule has 0 spiro atoms. The minimum atomic E-state index is -0.426. The van der Waals surface area contributed by atoms with Crippen molar-refractivity contribution in [2.24, 2.45) is 0 Å². The summed E-state index contributed by atoms with van der Waals surface area (Å²) in [4.78, 5) is 29.5. The molecule has 0 bridgehead atoms. The number of halogens is 1. The molecule has 0 aliphatic heterocycles. The predicted molar refractivity (Wildman–Crippen MR) is 117 cm³/mol. The number of carbonyl (C=O) groups excluding carboxylic acids is 2. The first-order valence-corrected chi connectivity index (χ1v) is 11.0. The zero-order valence-electron chi connectivity index (χ0n) is 15.8. The van der Waals surface area contributed by atoms with Crippen molar-refractivity contribution >= 4 is 57.5 Å². The fraction of sp³-hybridized carbons (Fsp3) is 0.263. The second kappa shape index (κ2) is 9.91. The monoisotopic (exact) mass is 450 g/mol. The zero-order valence-corrected chi connectivity index (χ0v) is 18.2. The summed E-state index contributed by atoms with van der Waals surface area (Å²) in [7, 11) is 0. The van der Waals surface area contributed by atoms with Gasteiger partial charge in [-0.25, -0.2) is 4.98 Å². The molecule has 0 radical (unpaired) electrons. The first kappa shape index (κ1) is 21.4.